The Bertz CT molecular complexity index is 132. The molecule has 0 N–H and O–H groups in total. The number of terminal acetylenes is 2. The lowest BCUT2D eigenvalue weighted by molar-refractivity contribution is 1.13. The van der Waals surface area contributed by atoms with Gasteiger partial charge < -0.3 is 0 Å². The van der Waals surface area contributed by atoms with Crippen molar-refractivity contribution in [1.29, 1.82) is 0 Å². The molecule has 0 radical (unpaired) electrons. The van der Waals surface area contributed by atoms with Crippen LogP contribution in [0, 0.1) is 24.7 Å². The largest absolute Gasteiger partial charge is 0.149 e. The molecule has 0 rings (SSSR count). The summed E-state index contributed by atoms with van der Waals surface area (Å²) >= 11 is 3.62. The van der Waals surface area contributed by atoms with Gasteiger partial charge in [0.1, 0.15) is 0 Å². The molecule has 0 aromatic carbocycles. The Morgan fingerprint density at radius 2 is 1.36 bits per heavy atom. The molecule has 0 aliphatic heterocycles. The molecule has 0 aliphatic rings. The van der Waals surface area contributed by atoms with Crippen molar-refractivity contribution in [3.8, 4) is 24.7 Å². The van der Waals surface area contributed by atoms with Gasteiger partial charge in [0, 0.05) is 0 Å². The highest BCUT2D eigenvalue weighted by Crippen LogP contribution is 2.06. The second-order valence-electron chi connectivity index (χ2n) is 1.87. The van der Waals surface area contributed by atoms with Crippen LogP contribution in [0.2, 0.25) is 0 Å². The first kappa shape index (κ1) is 10.8. The second kappa shape index (κ2) is 9.82. The smallest absolute Gasteiger partial charge is 0.0544 e. The van der Waals surface area contributed by atoms with Crippen LogP contribution >= 0.6 is 23.5 Å². The Kier molecular flexibility index (Phi) is 9.66. The lowest BCUT2D eigenvalue weighted by Crippen LogP contribution is -1.85. The van der Waals surface area contributed by atoms with E-state index in [9.17, 15) is 0 Å². The van der Waals surface area contributed by atoms with Gasteiger partial charge in [-0.15, -0.1) is 36.4 Å². The number of thioether (sulfide) groups is 2. The molecule has 0 aliphatic carbocycles. The Hall–Kier alpha value is -0.180. The van der Waals surface area contributed by atoms with E-state index in [0.29, 0.717) is 0 Å². The summed E-state index contributed by atoms with van der Waals surface area (Å²) in [7, 11) is 0. The Morgan fingerprint density at radius 1 is 0.909 bits per heavy atom. The first-order valence-electron chi connectivity index (χ1n) is 3.44. The molecule has 0 fully saturated rings. The zero-order valence-corrected chi connectivity index (χ0v) is 8.14. The van der Waals surface area contributed by atoms with E-state index in [1.807, 2.05) is 23.5 Å². The van der Waals surface area contributed by atoms with Crippen LogP contribution in [0.15, 0.2) is 0 Å². The van der Waals surface area contributed by atoms with Crippen LogP contribution in [-0.4, -0.2) is 23.0 Å². The summed E-state index contributed by atoms with van der Waals surface area (Å²) in [5.41, 5.74) is 0. The number of hydrogen-bond acceptors (Lipinski definition) is 2. The molecule has 60 valence electrons. The van der Waals surface area contributed by atoms with Gasteiger partial charge in [0.05, 0.1) is 11.5 Å². The van der Waals surface area contributed by atoms with Gasteiger partial charge in [0.2, 0.25) is 0 Å². The van der Waals surface area contributed by atoms with Crippen molar-refractivity contribution in [2.45, 2.75) is 6.42 Å². The quantitative estimate of drug-likeness (QED) is 0.458. The first-order valence-corrected chi connectivity index (χ1v) is 5.75. The van der Waals surface area contributed by atoms with Crippen molar-refractivity contribution >= 4 is 23.5 Å². The van der Waals surface area contributed by atoms with Crippen LogP contribution < -0.4 is 0 Å². The van der Waals surface area contributed by atoms with Crippen LogP contribution in [0.1, 0.15) is 6.42 Å². The fourth-order valence-corrected chi connectivity index (χ4v) is 1.93. The van der Waals surface area contributed by atoms with Crippen molar-refractivity contribution in [3.63, 3.8) is 0 Å². The van der Waals surface area contributed by atoms with E-state index < -0.39 is 0 Å². The third-order valence-electron chi connectivity index (χ3n) is 0.948. The maximum atomic E-state index is 5.09. The van der Waals surface area contributed by atoms with Gasteiger partial charge in [-0.25, -0.2) is 0 Å². The van der Waals surface area contributed by atoms with Crippen LogP contribution in [0.3, 0.4) is 0 Å². The summed E-state index contributed by atoms with van der Waals surface area (Å²) in [4.78, 5) is 0. The van der Waals surface area contributed by atoms with Gasteiger partial charge in [-0.05, 0) is 17.9 Å². The molecular weight excluding hydrogens is 172 g/mol. The van der Waals surface area contributed by atoms with Crippen molar-refractivity contribution in [3.05, 3.63) is 0 Å². The highest BCUT2D eigenvalue weighted by atomic mass is 32.2. The second-order valence-corrected chi connectivity index (χ2v) is 4.08. The predicted molar refractivity (Wildman–Crippen MR) is 56.9 cm³/mol. The van der Waals surface area contributed by atoms with Gasteiger partial charge in [-0.3, -0.25) is 0 Å². The molecule has 11 heavy (non-hydrogen) atoms. The standard InChI is InChI=1S/C9H12S2/c1-3-6-10-8-5-9-11-7-4-2/h1-2H,5-9H2. The molecule has 0 heterocycles. The Balaban J connectivity index is 2.82. The lowest BCUT2D eigenvalue weighted by Gasteiger charge is -1.95. The fraction of sp³-hybridized carbons (Fsp3) is 0.556. The molecule has 0 atom stereocenters. The van der Waals surface area contributed by atoms with Crippen molar-refractivity contribution < 1.29 is 0 Å². The molecule has 0 bridgehead atoms. The molecule has 0 aromatic heterocycles. The summed E-state index contributed by atoms with van der Waals surface area (Å²) in [6, 6.07) is 0. The third kappa shape index (κ3) is 9.82. The van der Waals surface area contributed by atoms with Gasteiger partial charge in [-0.1, -0.05) is 11.8 Å². The average Bonchev–Trinajstić information content (AvgIpc) is 2.03. The summed E-state index contributed by atoms with van der Waals surface area (Å²) in [6.07, 6.45) is 11.4. The first-order chi connectivity index (χ1) is 5.41. The average molecular weight is 184 g/mol. The van der Waals surface area contributed by atoms with Gasteiger partial charge in [0.25, 0.3) is 0 Å². The van der Waals surface area contributed by atoms with Gasteiger partial charge in [0.15, 0.2) is 0 Å². The summed E-state index contributed by atoms with van der Waals surface area (Å²) in [5.74, 6) is 9.16. The summed E-state index contributed by atoms with van der Waals surface area (Å²) in [6.45, 7) is 0. The molecule has 0 saturated heterocycles. The molecule has 2 heteroatoms. The van der Waals surface area contributed by atoms with E-state index in [-0.39, 0.29) is 0 Å². The van der Waals surface area contributed by atoms with Crippen LogP contribution in [-0.2, 0) is 0 Å². The summed E-state index contributed by atoms with van der Waals surface area (Å²) < 4.78 is 0. The Labute approximate surface area is 77.9 Å². The van der Waals surface area contributed by atoms with E-state index in [0.717, 1.165) is 23.0 Å². The zero-order valence-electron chi connectivity index (χ0n) is 6.51. The molecule has 0 unspecified atom stereocenters. The van der Waals surface area contributed by atoms with E-state index in [2.05, 4.69) is 11.8 Å². The highest BCUT2D eigenvalue weighted by Gasteiger charge is 1.87. The minimum absolute atomic E-state index is 0.833. The summed E-state index contributed by atoms with van der Waals surface area (Å²) in [5, 5.41) is 0. The van der Waals surface area contributed by atoms with Crippen molar-refractivity contribution in [2.24, 2.45) is 0 Å². The molecule has 0 nitrogen and oxygen atoms in total. The van der Waals surface area contributed by atoms with Crippen LogP contribution in [0.25, 0.3) is 0 Å². The van der Waals surface area contributed by atoms with E-state index >= 15 is 0 Å². The normalized spacial score (nSPS) is 8.55. The van der Waals surface area contributed by atoms with Crippen molar-refractivity contribution in [2.75, 3.05) is 23.0 Å². The Morgan fingerprint density at radius 3 is 1.73 bits per heavy atom. The number of rotatable bonds is 6. The minimum Gasteiger partial charge on any atom is -0.149 e. The van der Waals surface area contributed by atoms with Crippen LogP contribution in [0.5, 0.6) is 0 Å². The molecule has 0 amide bonds. The fourth-order valence-electron chi connectivity index (χ4n) is 0.525. The topological polar surface area (TPSA) is 0 Å². The maximum absolute atomic E-state index is 5.09. The SMILES string of the molecule is C#CCSCCCSCC#C. The minimum atomic E-state index is 0.833. The number of hydrogen-bond donors (Lipinski definition) is 0. The molecule has 0 aromatic rings. The maximum Gasteiger partial charge on any atom is 0.0544 e. The predicted octanol–water partition coefficient (Wildman–Crippen LogP) is 2.11. The lowest BCUT2D eigenvalue weighted by atomic mass is 10.6. The highest BCUT2D eigenvalue weighted by molar-refractivity contribution is 8.00. The van der Waals surface area contributed by atoms with Crippen LogP contribution in [0.4, 0.5) is 0 Å². The molecule has 0 saturated carbocycles. The zero-order chi connectivity index (χ0) is 8.36. The molecular formula is C9H12S2. The van der Waals surface area contributed by atoms with E-state index in [1.54, 1.807) is 0 Å². The van der Waals surface area contributed by atoms with E-state index in [1.165, 1.54) is 6.42 Å². The van der Waals surface area contributed by atoms with Gasteiger partial charge >= 0.3 is 0 Å². The van der Waals surface area contributed by atoms with Gasteiger partial charge in [-0.2, -0.15) is 0 Å². The monoisotopic (exact) mass is 184 g/mol. The van der Waals surface area contributed by atoms with Crippen molar-refractivity contribution in [1.82, 2.24) is 0 Å². The molecule has 0 spiro atoms. The third-order valence-corrected chi connectivity index (χ3v) is 2.84. The van der Waals surface area contributed by atoms with E-state index in [4.69, 9.17) is 12.8 Å².